The Balaban J connectivity index is 0.706. The normalized spacial score (nSPS) is 11.9. The van der Waals surface area contributed by atoms with Crippen LogP contribution < -0.4 is 9.80 Å². The maximum atomic E-state index is 6.54. The third kappa shape index (κ3) is 6.89. The third-order valence-electron chi connectivity index (χ3n) is 15.2. The van der Waals surface area contributed by atoms with Gasteiger partial charge in [0.05, 0.1) is 11.4 Å². The van der Waals surface area contributed by atoms with Crippen LogP contribution in [-0.4, -0.2) is 0 Å². The van der Waals surface area contributed by atoms with Crippen LogP contribution in [0.15, 0.2) is 264 Å². The molecule has 0 unspecified atom stereocenters. The van der Waals surface area contributed by atoms with Crippen molar-refractivity contribution in [3.8, 4) is 22.3 Å². The molecule has 0 N–H and O–H groups in total. The zero-order valence-electron chi connectivity index (χ0n) is 40.8. The molecule has 4 aromatic heterocycles. The lowest BCUT2D eigenvalue weighted by atomic mass is 10.00. The van der Waals surface area contributed by atoms with E-state index in [1.165, 1.54) is 73.4 Å². The second-order valence-corrected chi connectivity index (χ2v) is 21.8. The van der Waals surface area contributed by atoms with E-state index in [1.54, 1.807) is 0 Å². The summed E-state index contributed by atoms with van der Waals surface area (Å²) in [6.07, 6.45) is 0. The van der Waals surface area contributed by atoms with Crippen LogP contribution in [0.3, 0.4) is 0 Å². The van der Waals surface area contributed by atoms with Gasteiger partial charge in [0.1, 0.15) is 11.2 Å². The molecule has 4 heterocycles. The number of rotatable bonds is 8. The summed E-state index contributed by atoms with van der Waals surface area (Å²) >= 11 is 3.76. The first-order valence-electron chi connectivity index (χ1n) is 25.6. The van der Waals surface area contributed by atoms with E-state index in [1.807, 2.05) is 46.9 Å². The SMILES string of the molecule is c1ccc(N(c2ccc(-c3ccc4c(c3)sc3cc5cc6sc7cc(-c8ccc(N(c9ccccc9)c9cccc%10c9oc9ccccc9%10)cc8)ccc7c6cc5cc34)cc2)c2cccc3c2oc2ccccc23)cc1. The van der Waals surface area contributed by atoms with Crippen molar-refractivity contribution in [2.45, 2.75) is 0 Å². The zero-order valence-corrected chi connectivity index (χ0v) is 42.4. The molecule has 0 aliphatic rings. The maximum absolute atomic E-state index is 6.54. The molecule has 0 bridgehead atoms. The van der Waals surface area contributed by atoms with Gasteiger partial charge in [-0.1, -0.05) is 146 Å². The van der Waals surface area contributed by atoms with Crippen LogP contribution >= 0.6 is 22.7 Å². The van der Waals surface area contributed by atoms with Gasteiger partial charge in [0.2, 0.25) is 0 Å². The Hall–Kier alpha value is -9.46. The van der Waals surface area contributed by atoms with Gasteiger partial charge in [0.15, 0.2) is 11.2 Å². The summed E-state index contributed by atoms with van der Waals surface area (Å²) in [7, 11) is 0. The molecule has 356 valence electrons. The highest BCUT2D eigenvalue weighted by molar-refractivity contribution is 7.26. The number of hydrogen-bond acceptors (Lipinski definition) is 6. The smallest absolute Gasteiger partial charge is 0.159 e. The molecule has 16 aromatic rings. The van der Waals surface area contributed by atoms with Gasteiger partial charge >= 0.3 is 0 Å². The Morgan fingerprint density at radius 1 is 0.250 bits per heavy atom. The Bertz CT molecular complexity index is 4630. The van der Waals surface area contributed by atoms with Crippen molar-refractivity contribution in [3.05, 3.63) is 255 Å². The van der Waals surface area contributed by atoms with Crippen molar-refractivity contribution >= 4 is 152 Å². The second kappa shape index (κ2) is 17.0. The van der Waals surface area contributed by atoms with Crippen molar-refractivity contribution in [1.29, 1.82) is 0 Å². The average molecular weight is 1010 g/mol. The molecule has 6 heteroatoms. The number of nitrogens with zero attached hydrogens (tertiary/aromatic N) is 2. The molecule has 76 heavy (non-hydrogen) atoms. The summed E-state index contributed by atoms with van der Waals surface area (Å²) in [5, 5.41) is 12.2. The molecule has 0 aliphatic carbocycles. The third-order valence-corrected chi connectivity index (χ3v) is 17.4. The van der Waals surface area contributed by atoms with Crippen LogP contribution in [0.2, 0.25) is 0 Å². The largest absolute Gasteiger partial charge is 0.454 e. The highest BCUT2D eigenvalue weighted by Gasteiger charge is 2.22. The minimum Gasteiger partial charge on any atom is -0.454 e. The Labute approximate surface area is 444 Å². The van der Waals surface area contributed by atoms with Gasteiger partial charge in [-0.3, -0.25) is 0 Å². The number of benzene rings is 12. The number of fused-ring (bicyclic) bond motifs is 13. The molecule has 0 atom stereocenters. The molecule has 0 aliphatic heterocycles. The van der Waals surface area contributed by atoms with Crippen molar-refractivity contribution < 1.29 is 8.83 Å². The average Bonchev–Trinajstić information content (AvgIpc) is 4.25. The first-order chi connectivity index (χ1) is 37.6. The summed E-state index contributed by atoms with van der Waals surface area (Å²) in [5.41, 5.74) is 14.6. The quantitative estimate of drug-likeness (QED) is 0.152. The number of furan rings is 2. The van der Waals surface area contributed by atoms with Crippen molar-refractivity contribution in [3.63, 3.8) is 0 Å². The van der Waals surface area contributed by atoms with Crippen molar-refractivity contribution in [1.82, 2.24) is 0 Å². The predicted molar refractivity (Wildman–Crippen MR) is 325 cm³/mol. The van der Waals surface area contributed by atoms with E-state index in [0.29, 0.717) is 0 Å². The number of anilines is 6. The van der Waals surface area contributed by atoms with Gasteiger partial charge in [-0.05, 0) is 142 Å². The summed E-state index contributed by atoms with van der Waals surface area (Å²) in [6.45, 7) is 0. The Kier molecular flexibility index (Phi) is 9.64. The van der Waals surface area contributed by atoms with E-state index in [-0.39, 0.29) is 0 Å². The predicted octanol–water partition coefficient (Wildman–Crippen LogP) is 21.6. The molecule has 0 fully saturated rings. The number of para-hydroxylation sites is 6. The minimum absolute atomic E-state index is 0.877. The molecule has 0 spiro atoms. The molecular weight excluding hydrogens is 965 g/mol. The summed E-state index contributed by atoms with van der Waals surface area (Å²) in [5.74, 6) is 0. The van der Waals surface area contributed by atoms with Crippen LogP contribution in [0.5, 0.6) is 0 Å². The second-order valence-electron chi connectivity index (χ2n) is 19.6. The first kappa shape index (κ1) is 43.0. The fraction of sp³-hybridized carbons (Fsp3) is 0. The Morgan fingerprint density at radius 3 is 1.08 bits per heavy atom. The fourth-order valence-electron chi connectivity index (χ4n) is 11.6. The highest BCUT2D eigenvalue weighted by atomic mass is 32.1. The fourth-order valence-corrected chi connectivity index (χ4v) is 13.9. The molecule has 0 saturated heterocycles. The summed E-state index contributed by atoms with van der Waals surface area (Å²) in [4.78, 5) is 4.59. The summed E-state index contributed by atoms with van der Waals surface area (Å²) in [6, 6.07) is 91.9. The molecule has 16 rings (SSSR count). The molecule has 0 amide bonds. The monoisotopic (exact) mass is 1010 g/mol. The maximum Gasteiger partial charge on any atom is 0.159 e. The lowest BCUT2D eigenvalue weighted by Crippen LogP contribution is -2.10. The van der Waals surface area contributed by atoms with Crippen molar-refractivity contribution in [2.75, 3.05) is 9.80 Å². The van der Waals surface area contributed by atoms with E-state index in [4.69, 9.17) is 8.83 Å². The molecule has 0 radical (unpaired) electrons. The minimum atomic E-state index is 0.877. The number of thiophene rings is 2. The van der Waals surface area contributed by atoms with Crippen LogP contribution in [0.25, 0.3) is 117 Å². The highest BCUT2D eigenvalue weighted by Crippen LogP contribution is 2.47. The molecule has 4 nitrogen and oxygen atoms in total. The summed E-state index contributed by atoms with van der Waals surface area (Å²) < 4.78 is 18.3. The van der Waals surface area contributed by atoms with Crippen LogP contribution in [0.4, 0.5) is 34.1 Å². The zero-order chi connectivity index (χ0) is 49.8. The lowest BCUT2D eigenvalue weighted by molar-refractivity contribution is 0.668. The van der Waals surface area contributed by atoms with Crippen LogP contribution in [0, 0.1) is 0 Å². The van der Waals surface area contributed by atoms with E-state index >= 15 is 0 Å². The van der Waals surface area contributed by atoms with Gasteiger partial charge in [-0.15, -0.1) is 22.7 Å². The van der Waals surface area contributed by atoms with E-state index in [0.717, 1.165) is 78.0 Å². The van der Waals surface area contributed by atoms with Crippen molar-refractivity contribution in [2.24, 2.45) is 0 Å². The van der Waals surface area contributed by atoms with Gasteiger partial charge < -0.3 is 18.6 Å². The van der Waals surface area contributed by atoms with E-state index in [9.17, 15) is 0 Å². The Morgan fingerprint density at radius 2 is 0.618 bits per heavy atom. The van der Waals surface area contributed by atoms with E-state index in [2.05, 4.69) is 240 Å². The van der Waals surface area contributed by atoms with Crippen LogP contribution in [0.1, 0.15) is 0 Å². The van der Waals surface area contributed by atoms with E-state index < -0.39 is 0 Å². The van der Waals surface area contributed by atoms with Gasteiger partial charge in [0.25, 0.3) is 0 Å². The van der Waals surface area contributed by atoms with Gasteiger partial charge in [-0.25, -0.2) is 0 Å². The lowest BCUT2D eigenvalue weighted by Gasteiger charge is -2.25. The first-order valence-corrected chi connectivity index (χ1v) is 27.2. The van der Waals surface area contributed by atoms with Crippen LogP contribution in [-0.2, 0) is 0 Å². The van der Waals surface area contributed by atoms with Gasteiger partial charge in [-0.2, -0.15) is 0 Å². The molecule has 12 aromatic carbocycles. The van der Waals surface area contributed by atoms with Gasteiger partial charge in [0, 0.05) is 84.6 Å². The number of hydrogen-bond donors (Lipinski definition) is 0. The molecule has 0 saturated carbocycles. The standard InChI is InChI=1S/C70H42N2O2S2/c1-3-13-49(14-4-1)71(61-21-11-19-57-53-17-7-9-23-63(53)73-69(57)61)51-31-25-43(26-32-51)45-29-35-55-59-37-47-38-60-56-36-30-46(40-66(56)76-68(60)42-48(47)41-67(59)75-65(55)39-45)44-27-33-52(34-28-44)72(50-15-5-2-6-16-50)62-22-12-20-58-54-18-8-10-24-64(54)74-70(58)62/h1-42H. The molecular formula is C70H42N2O2S2. The topological polar surface area (TPSA) is 32.8 Å².